The summed E-state index contributed by atoms with van der Waals surface area (Å²) >= 11 is 0. The standard InChI is InChI=1S/C28H28N4O3/c1-19-9-11-23(12-10-19)34-24-6-4-5-20(13-24)14-31-15-21-17-32(18-22(21)16-31)28(33)29-27-25-7-2-3-8-26(25)35-30-27/h2-13,21-22H,14-18H2,1H3,(H,29,30,33)/t21-,22+. The highest BCUT2D eigenvalue weighted by Crippen LogP contribution is 2.33. The second-order valence-corrected chi connectivity index (χ2v) is 9.64. The molecule has 0 spiro atoms. The fourth-order valence-electron chi connectivity index (χ4n) is 5.25. The van der Waals surface area contributed by atoms with Crippen LogP contribution in [0.2, 0.25) is 0 Å². The second-order valence-electron chi connectivity index (χ2n) is 9.64. The van der Waals surface area contributed by atoms with E-state index in [1.165, 1.54) is 11.1 Å². The summed E-state index contributed by atoms with van der Waals surface area (Å²) in [6.07, 6.45) is 0. The number of likely N-dealkylation sites (tertiary alicyclic amines) is 2. The third kappa shape index (κ3) is 4.59. The molecule has 0 radical (unpaired) electrons. The van der Waals surface area contributed by atoms with E-state index in [1.54, 1.807) is 0 Å². The summed E-state index contributed by atoms with van der Waals surface area (Å²) in [4.78, 5) is 17.3. The molecule has 6 rings (SSSR count). The van der Waals surface area contributed by atoms with E-state index in [0.29, 0.717) is 23.2 Å². The lowest BCUT2D eigenvalue weighted by Gasteiger charge is -2.21. The minimum absolute atomic E-state index is 0.106. The van der Waals surface area contributed by atoms with Crippen molar-refractivity contribution < 1.29 is 14.1 Å². The number of para-hydroxylation sites is 1. The Bertz CT molecular complexity index is 1340. The molecule has 2 saturated heterocycles. The van der Waals surface area contributed by atoms with Gasteiger partial charge in [0.2, 0.25) is 0 Å². The van der Waals surface area contributed by atoms with Crippen molar-refractivity contribution in [3.05, 3.63) is 83.9 Å². The zero-order valence-electron chi connectivity index (χ0n) is 19.7. The van der Waals surface area contributed by atoms with Crippen LogP contribution >= 0.6 is 0 Å². The molecule has 3 heterocycles. The molecule has 0 saturated carbocycles. The van der Waals surface area contributed by atoms with Crippen LogP contribution in [0.25, 0.3) is 11.0 Å². The molecular weight excluding hydrogens is 440 g/mol. The average molecular weight is 469 g/mol. The number of hydrogen-bond acceptors (Lipinski definition) is 5. The first-order valence-electron chi connectivity index (χ1n) is 12.1. The van der Waals surface area contributed by atoms with Gasteiger partial charge in [-0.1, -0.05) is 47.1 Å². The van der Waals surface area contributed by atoms with E-state index >= 15 is 0 Å². The van der Waals surface area contributed by atoms with Crippen molar-refractivity contribution in [2.45, 2.75) is 13.5 Å². The number of ether oxygens (including phenoxy) is 1. The monoisotopic (exact) mass is 468 g/mol. The number of nitrogens with one attached hydrogen (secondary N) is 1. The van der Waals surface area contributed by atoms with Gasteiger partial charge in [-0.3, -0.25) is 10.2 Å². The molecule has 35 heavy (non-hydrogen) atoms. The predicted octanol–water partition coefficient (Wildman–Crippen LogP) is 5.52. The number of fused-ring (bicyclic) bond motifs is 2. The number of carbonyl (C=O) groups is 1. The zero-order chi connectivity index (χ0) is 23.8. The van der Waals surface area contributed by atoms with Crippen LogP contribution in [0.3, 0.4) is 0 Å². The Labute approximate surface area is 204 Å². The molecule has 4 aromatic rings. The maximum atomic E-state index is 12.9. The van der Waals surface area contributed by atoms with Crippen LogP contribution in [-0.4, -0.2) is 47.2 Å². The van der Waals surface area contributed by atoms with Crippen molar-refractivity contribution in [3.63, 3.8) is 0 Å². The summed E-state index contributed by atoms with van der Waals surface area (Å²) in [5, 5.41) is 7.77. The Kier molecular flexibility index (Phi) is 5.62. The summed E-state index contributed by atoms with van der Waals surface area (Å²) in [6.45, 7) is 6.46. The topological polar surface area (TPSA) is 70.8 Å². The highest BCUT2D eigenvalue weighted by atomic mass is 16.5. The first-order valence-corrected chi connectivity index (χ1v) is 12.1. The van der Waals surface area contributed by atoms with Gasteiger partial charge in [0.25, 0.3) is 0 Å². The summed E-state index contributed by atoms with van der Waals surface area (Å²) in [6, 6.07) is 23.9. The Morgan fingerprint density at radius 1 is 0.971 bits per heavy atom. The number of benzene rings is 3. The molecule has 1 N–H and O–H groups in total. The van der Waals surface area contributed by atoms with Crippen LogP contribution in [0.15, 0.2) is 77.3 Å². The van der Waals surface area contributed by atoms with Gasteiger partial charge >= 0.3 is 6.03 Å². The Hall–Kier alpha value is -3.84. The van der Waals surface area contributed by atoms with Gasteiger partial charge in [-0.15, -0.1) is 0 Å². The second kappa shape index (κ2) is 9.07. The number of anilines is 1. The molecule has 1 aromatic heterocycles. The van der Waals surface area contributed by atoms with Gasteiger partial charge < -0.3 is 14.2 Å². The number of carbonyl (C=O) groups excluding carboxylic acids is 1. The lowest BCUT2D eigenvalue weighted by Crippen LogP contribution is -2.36. The molecule has 7 heteroatoms. The number of nitrogens with zero attached hydrogens (tertiary/aromatic N) is 3. The van der Waals surface area contributed by atoms with Crippen LogP contribution in [-0.2, 0) is 6.54 Å². The predicted molar refractivity (Wildman–Crippen MR) is 135 cm³/mol. The molecular formula is C28H28N4O3. The molecule has 178 valence electrons. The van der Waals surface area contributed by atoms with E-state index in [1.807, 2.05) is 47.4 Å². The summed E-state index contributed by atoms with van der Waals surface area (Å²) in [7, 11) is 0. The van der Waals surface area contributed by atoms with E-state index in [2.05, 4.69) is 52.6 Å². The van der Waals surface area contributed by atoms with Gasteiger partial charge in [-0.05, 0) is 60.7 Å². The van der Waals surface area contributed by atoms with Crippen molar-refractivity contribution in [3.8, 4) is 11.5 Å². The highest BCUT2D eigenvalue weighted by Gasteiger charge is 2.41. The number of aromatic nitrogens is 1. The van der Waals surface area contributed by atoms with E-state index in [4.69, 9.17) is 9.26 Å². The molecule has 2 aliphatic heterocycles. The van der Waals surface area contributed by atoms with E-state index < -0.39 is 0 Å². The number of hydrogen-bond donors (Lipinski definition) is 1. The van der Waals surface area contributed by atoms with Crippen LogP contribution in [0.1, 0.15) is 11.1 Å². The molecule has 2 atom stereocenters. The van der Waals surface area contributed by atoms with Crippen molar-refractivity contribution >= 4 is 22.8 Å². The van der Waals surface area contributed by atoms with Gasteiger partial charge in [0.15, 0.2) is 11.4 Å². The molecule has 3 aromatic carbocycles. The summed E-state index contributed by atoms with van der Waals surface area (Å²) < 4.78 is 11.3. The highest BCUT2D eigenvalue weighted by molar-refractivity contribution is 5.98. The fraction of sp³-hybridized carbons (Fsp3) is 0.286. The fourth-order valence-corrected chi connectivity index (χ4v) is 5.25. The molecule has 7 nitrogen and oxygen atoms in total. The summed E-state index contributed by atoms with van der Waals surface area (Å²) in [5.41, 5.74) is 3.13. The van der Waals surface area contributed by atoms with E-state index in [-0.39, 0.29) is 6.03 Å². The van der Waals surface area contributed by atoms with Gasteiger partial charge in [-0.25, -0.2) is 4.79 Å². The van der Waals surface area contributed by atoms with Crippen molar-refractivity contribution in [1.29, 1.82) is 0 Å². The third-order valence-electron chi connectivity index (χ3n) is 7.01. The minimum atomic E-state index is -0.106. The smallest absolute Gasteiger partial charge is 0.323 e. The van der Waals surface area contributed by atoms with Crippen molar-refractivity contribution in [1.82, 2.24) is 15.0 Å². The van der Waals surface area contributed by atoms with Crippen LogP contribution in [0.4, 0.5) is 10.6 Å². The van der Waals surface area contributed by atoms with Gasteiger partial charge in [0.1, 0.15) is 11.5 Å². The maximum Gasteiger partial charge on any atom is 0.323 e. The lowest BCUT2D eigenvalue weighted by molar-refractivity contribution is 0.211. The molecule has 2 amide bonds. The minimum Gasteiger partial charge on any atom is -0.457 e. The third-order valence-corrected chi connectivity index (χ3v) is 7.01. The number of amides is 2. The Morgan fingerprint density at radius 2 is 1.74 bits per heavy atom. The SMILES string of the molecule is Cc1ccc(Oc2cccc(CN3C[C@@H]4CN(C(=O)Nc5noc6ccccc56)C[C@@H]4C3)c2)cc1. The first kappa shape index (κ1) is 21.7. The van der Waals surface area contributed by atoms with Gasteiger partial charge in [0.05, 0.1) is 5.39 Å². The lowest BCUT2D eigenvalue weighted by atomic mass is 10.0. The number of aryl methyl sites for hydroxylation is 1. The largest absolute Gasteiger partial charge is 0.457 e. The average Bonchev–Trinajstić information content (AvgIpc) is 3.55. The number of rotatable bonds is 5. The zero-order valence-corrected chi connectivity index (χ0v) is 19.7. The van der Waals surface area contributed by atoms with Crippen LogP contribution in [0, 0.1) is 18.8 Å². The number of urea groups is 1. The molecule has 0 unspecified atom stereocenters. The van der Waals surface area contributed by atoms with Gasteiger partial charge in [-0.2, -0.15) is 0 Å². The van der Waals surface area contributed by atoms with E-state index in [0.717, 1.165) is 49.6 Å². The molecule has 2 fully saturated rings. The normalized spacial score (nSPS) is 19.7. The molecule has 2 aliphatic rings. The molecule has 0 aliphatic carbocycles. The maximum absolute atomic E-state index is 12.9. The van der Waals surface area contributed by atoms with Gasteiger partial charge in [0, 0.05) is 32.7 Å². The van der Waals surface area contributed by atoms with Crippen molar-refractivity contribution in [2.75, 3.05) is 31.5 Å². The first-order chi connectivity index (χ1) is 17.1. The quantitative estimate of drug-likeness (QED) is 0.417. The van der Waals surface area contributed by atoms with E-state index in [9.17, 15) is 4.79 Å². The Morgan fingerprint density at radius 3 is 2.54 bits per heavy atom. The molecule has 0 bridgehead atoms. The van der Waals surface area contributed by atoms with Crippen molar-refractivity contribution in [2.24, 2.45) is 11.8 Å². The Balaban J connectivity index is 1.03. The van der Waals surface area contributed by atoms with Crippen LogP contribution in [0.5, 0.6) is 11.5 Å². The van der Waals surface area contributed by atoms with Crippen LogP contribution < -0.4 is 10.1 Å². The summed E-state index contributed by atoms with van der Waals surface area (Å²) in [5.74, 6) is 3.16.